The van der Waals surface area contributed by atoms with Gasteiger partial charge in [-0.15, -0.1) is 4.68 Å². The molecule has 154 valence electrons. The second-order valence-electron chi connectivity index (χ2n) is 6.10. The zero-order chi connectivity index (χ0) is 21.7. The fourth-order valence-electron chi connectivity index (χ4n) is 2.60. The summed E-state index contributed by atoms with van der Waals surface area (Å²) in [5.74, 6) is -1.68. The molecule has 0 aliphatic carbocycles. The highest BCUT2D eigenvalue weighted by molar-refractivity contribution is 9.10. The van der Waals surface area contributed by atoms with Crippen molar-refractivity contribution in [1.82, 2.24) is 10.0 Å². The number of ether oxygens (including phenoxy) is 1. The molecule has 0 bridgehead atoms. The van der Waals surface area contributed by atoms with E-state index in [1.165, 1.54) is 24.4 Å². The van der Waals surface area contributed by atoms with Crippen molar-refractivity contribution in [3.8, 4) is 0 Å². The second-order valence-corrected chi connectivity index (χ2v) is 7.02. The van der Waals surface area contributed by atoms with Gasteiger partial charge in [0, 0.05) is 14.8 Å². The second kappa shape index (κ2) is 9.40. The number of H-pyrrole nitrogens is 1. The van der Waals surface area contributed by atoms with Gasteiger partial charge in [-0.05, 0) is 36.8 Å². The minimum Gasteiger partial charge on any atom is -0.459 e. The van der Waals surface area contributed by atoms with Crippen LogP contribution in [0.2, 0.25) is 0 Å². The zero-order valence-corrected chi connectivity index (χ0v) is 17.4. The predicted molar refractivity (Wildman–Crippen MR) is 109 cm³/mol. The Morgan fingerprint density at radius 2 is 2.00 bits per heavy atom. The molecule has 2 aromatic carbocycles. The molecule has 0 aliphatic rings. The molecular weight excluding hydrogens is 459 g/mol. The lowest BCUT2D eigenvalue weighted by atomic mass is 10.1. The summed E-state index contributed by atoms with van der Waals surface area (Å²) in [4.78, 5) is 38.3. The number of Topliss-reactive ketones (excluding diaryl/α,β-unsaturated/α-hetero) is 1. The monoisotopic (exact) mass is 475 g/mol. The molecule has 0 saturated heterocycles. The number of nitrogens with zero attached hydrogens (tertiary/aromatic N) is 3. The van der Waals surface area contributed by atoms with Gasteiger partial charge in [-0.2, -0.15) is 0 Å². The molecule has 0 unspecified atom stereocenters. The maximum Gasteiger partial charge on any atom is 0.434 e. The summed E-state index contributed by atoms with van der Waals surface area (Å²) in [7, 11) is 0. The number of hydrogen-bond acceptors (Lipinski definition) is 5. The molecule has 3 rings (SSSR count). The van der Waals surface area contributed by atoms with E-state index in [-0.39, 0.29) is 24.6 Å². The molecule has 1 heterocycles. The van der Waals surface area contributed by atoms with Crippen LogP contribution in [0, 0.1) is 5.82 Å². The number of ketones is 1. The standard InChI is InChI=1S/C20H16BrFN4O4/c1-2-30-20(29)18-19(28)26(23-11-13-4-3-5-16(22)10-13)24-25(18)12-17(27)14-6-8-15(21)9-7-14/h3-11H,2,12H2,1H3/p+1. The zero-order valence-electron chi connectivity index (χ0n) is 15.8. The molecule has 0 saturated carbocycles. The minimum atomic E-state index is -0.887. The van der Waals surface area contributed by atoms with Crippen LogP contribution in [0.3, 0.4) is 0 Å². The topological polar surface area (TPSA) is 97.4 Å². The van der Waals surface area contributed by atoms with Crippen LogP contribution in [0.25, 0.3) is 0 Å². The number of halogens is 2. The number of aromatic nitrogens is 3. The lowest BCUT2D eigenvalue weighted by Crippen LogP contribution is -2.46. The first kappa shape index (κ1) is 21.3. The lowest BCUT2D eigenvalue weighted by Gasteiger charge is -2.01. The molecule has 0 fully saturated rings. The van der Waals surface area contributed by atoms with Crippen LogP contribution in [-0.4, -0.2) is 34.6 Å². The van der Waals surface area contributed by atoms with Crippen molar-refractivity contribution in [3.05, 3.63) is 86.0 Å². The summed E-state index contributed by atoms with van der Waals surface area (Å²) < 4.78 is 20.1. The van der Waals surface area contributed by atoms with Crippen LogP contribution >= 0.6 is 15.9 Å². The third-order valence-corrected chi connectivity index (χ3v) is 4.52. The van der Waals surface area contributed by atoms with E-state index in [1.807, 2.05) is 0 Å². The predicted octanol–water partition coefficient (Wildman–Crippen LogP) is 2.31. The van der Waals surface area contributed by atoms with E-state index in [1.54, 1.807) is 37.3 Å². The molecule has 1 N–H and O–H groups in total. The van der Waals surface area contributed by atoms with Crippen molar-refractivity contribution in [3.63, 3.8) is 0 Å². The summed E-state index contributed by atoms with van der Waals surface area (Å²) in [5.41, 5.74) is -0.368. The van der Waals surface area contributed by atoms with Crippen molar-refractivity contribution < 1.29 is 23.4 Å². The molecule has 3 aromatic rings. The minimum absolute atomic E-state index is 0.0523. The number of carbonyl (C=O) groups excluding carboxylic acids is 2. The highest BCUT2D eigenvalue weighted by Crippen LogP contribution is 2.11. The van der Waals surface area contributed by atoms with E-state index in [0.717, 1.165) is 13.9 Å². The molecule has 0 spiro atoms. The van der Waals surface area contributed by atoms with E-state index in [2.05, 4.69) is 26.2 Å². The Morgan fingerprint density at radius 1 is 1.27 bits per heavy atom. The quantitative estimate of drug-likeness (QED) is 0.245. The summed E-state index contributed by atoms with van der Waals surface area (Å²) >= 11 is 3.30. The van der Waals surface area contributed by atoms with Crippen molar-refractivity contribution in [2.24, 2.45) is 5.10 Å². The lowest BCUT2D eigenvalue weighted by molar-refractivity contribution is -0.744. The molecule has 1 aromatic heterocycles. The van der Waals surface area contributed by atoms with Gasteiger partial charge in [0.25, 0.3) is 0 Å². The maximum absolute atomic E-state index is 13.3. The van der Waals surface area contributed by atoms with Gasteiger partial charge < -0.3 is 4.74 Å². The van der Waals surface area contributed by atoms with Crippen molar-refractivity contribution in [2.75, 3.05) is 6.61 Å². The Morgan fingerprint density at radius 3 is 2.67 bits per heavy atom. The van der Waals surface area contributed by atoms with Gasteiger partial charge in [0.15, 0.2) is 6.54 Å². The number of hydrogen-bond donors (Lipinski definition) is 1. The molecule has 0 aliphatic heterocycles. The van der Waals surface area contributed by atoms with Gasteiger partial charge in [0.1, 0.15) is 5.82 Å². The van der Waals surface area contributed by atoms with Gasteiger partial charge in [-0.1, -0.05) is 50.5 Å². The highest BCUT2D eigenvalue weighted by atomic mass is 79.9. The van der Waals surface area contributed by atoms with Crippen LogP contribution in [0.4, 0.5) is 4.39 Å². The number of esters is 1. The maximum atomic E-state index is 13.3. The SMILES string of the molecule is CCOC(=O)c1c(=O)n(N=Cc2cccc(F)c2)[nH][n+]1CC(=O)c1ccc(Br)cc1. The number of aromatic amines is 1. The summed E-state index contributed by atoms with van der Waals surface area (Å²) in [6.07, 6.45) is 1.25. The molecule has 30 heavy (non-hydrogen) atoms. The fourth-order valence-corrected chi connectivity index (χ4v) is 2.86. The largest absolute Gasteiger partial charge is 0.459 e. The highest BCUT2D eigenvalue weighted by Gasteiger charge is 2.31. The van der Waals surface area contributed by atoms with Crippen molar-refractivity contribution in [2.45, 2.75) is 13.5 Å². The molecular formula is C20H17BrFN4O4+. The molecule has 10 heteroatoms. The number of carbonyl (C=O) groups is 2. The average molecular weight is 476 g/mol. The van der Waals surface area contributed by atoms with Crippen molar-refractivity contribution >= 4 is 33.9 Å². The Bertz CT molecular complexity index is 1170. The molecule has 0 amide bonds. The Kier molecular flexibility index (Phi) is 6.68. The van der Waals surface area contributed by atoms with Crippen LogP contribution in [0.15, 0.2) is 62.9 Å². The average Bonchev–Trinajstić information content (AvgIpc) is 3.02. The first-order valence-corrected chi connectivity index (χ1v) is 9.69. The van der Waals surface area contributed by atoms with E-state index in [0.29, 0.717) is 11.1 Å². The van der Waals surface area contributed by atoms with Gasteiger partial charge >= 0.3 is 17.2 Å². The normalized spacial score (nSPS) is 11.0. The molecule has 0 radical (unpaired) electrons. The van der Waals surface area contributed by atoms with E-state index in [9.17, 15) is 18.8 Å². The molecule has 0 atom stereocenters. The fraction of sp³-hybridized carbons (Fsp3) is 0.150. The van der Waals surface area contributed by atoms with Gasteiger partial charge in [-0.3, -0.25) is 4.79 Å². The van der Waals surface area contributed by atoms with Gasteiger partial charge in [0.05, 0.1) is 12.8 Å². The van der Waals surface area contributed by atoms with Gasteiger partial charge in [0.2, 0.25) is 5.78 Å². The van der Waals surface area contributed by atoms with Crippen LogP contribution < -0.4 is 10.2 Å². The number of benzene rings is 2. The Labute approximate surface area is 178 Å². The Hall–Kier alpha value is -3.40. The third kappa shape index (κ3) is 4.95. The summed E-state index contributed by atoms with van der Waals surface area (Å²) in [5, 5.41) is 6.53. The first-order valence-electron chi connectivity index (χ1n) is 8.89. The van der Waals surface area contributed by atoms with Gasteiger partial charge in [-0.25, -0.2) is 14.0 Å². The van der Waals surface area contributed by atoms with E-state index in [4.69, 9.17) is 4.74 Å². The van der Waals surface area contributed by atoms with Crippen LogP contribution in [0.5, 0.6) is 0 Å². The van der Waals surface area contributed by atoms with Crippen LogP contribution in [-0.2, 0) is 11.3 Å². The third-order valence-electron chi connectivity index (χ3n) is 3.99. The number of nitrogens with one attached hydrogen (secondary N) is 1. The van der Waals surface area contributed by atoms with Crippen LogP contribution in [0.1, 0.15) is 33.3 Å². The Balaban J connectivity index is 1.95. The molecule has 8 nitrogen and oxygen atoms in total. The van der Waals surface area contributed by atoms with E-state index >= 15 is 0 Å². The summed E-state index contributed by atoms with van der Waals surface area (Å²) in [6.45, 7) is 1.34. The van der Waals surface area contributed by atoms with Crippen molar-refractivity contribution in [1.29, 1.82) is 0 Å². The summed E-state index contributed by atoms with van der Waals surface area (Å²) in [6, 6.07) is 12.3. The first-order chi connectivity index (χ1) is 14.4. The number of rotatable bonds is 7. The van der Waals surface area contributed by atoms with E-state index < -0.39 is 17.3 Å². The smallest absolute Gasteiger partial charge is 0.434 e.